The number of rotatable bonds is 1. The van der Waals surface area contributed by atoms with Crippen LogP contribution in [0, 0.1) is 17.3 Å². The molecule has 4 N–H and O–H groups in total. The topological polar surface area (TPSA) is 107 Å². The number of fused-ring (bicyclic) bond motifs is 4. The standard InChI is InChI=1S/C20H28O6/c1-11(2)18(23)8-9-20(25)17(3)6-4-12-13(10-26-15(12)21)14(17)5-7-19(20,24)16(18)22/h8-9,11,14,16,22-25H,4-7,10H2,1-3H3/t14?,16-,17+,18+,19-,20-/m1/s1. The van der Waals surface area contributed by atoms with E-state index in [0.717, 1.165) is 5.57 Å². The summed E-state index contributed by atoms with van der Waals surface area (Å²) in [6.45, 7) is 5.69. The van der Waals surface area contributed by atoms with Crippen LogP contribution in [0.4, 0.5) is 0 Å². The Hall–Kier alpha value is -1.21. The van der Waals surface area contributed by atoms with Crippen molar-refractivity contribution in [3.05, 3.63) is 23.3 Å². The van der Waals surface area contributed by atoms with Gasteiger partial charge in [0.05, 0.1) is 0 Å². The van der Waals surface area contributed by atoms with Crippen molar-refractivity contribution < 1.29 is 30.0 Å². The summed E-state index contributed by atoms with van der Waals surface area (Å²) in [5.41, 5.74) is -4.29. The van der Waals surface area contributed by atoms with Crippen molar-refractivity contribution in [2.45, 2.75) is 69.4 Å². The first-order valence-electron chi connectivity index (χ1n) is 9.46. The van der Waals surface area contributed by atoms with Gasteiger partial charge in [-0.15, -0.1) is 0 Å². The van der Waals surface area contributed by atoms with Crippen molar-refractivity contribution in [1.82, 2.24) is 0 Å². The smallest absolute Gasteiger partial charge is 0.334 e. The van der Waals surface area contributed by atoms with E-state index in [-0.39, 0.29) is 30.8 Å². The minimum Gasteiger partial charge on any atom is -0.458 e. The third kappa shape index (κ3) is 1.84. The molecule has 6 heteroatoms. The third-order valence-corrected chi connectivity index (χ3v) is 7.83. The van der Waals surface area contributed by atoms with E-state index in [2.05, 4.69) is 0 Å². The van der Waals surface area contributed by atoms with Crippen LogP contribution < -0.4 is 0 Å². The van der Waals surface area contributed by atoms with Gasteiger partial charge in [0.15, 0.2) is 0 Å². The average Bonchev–Trinajstić information content (AvgIpc) is 2.96. The normalized spacial score (nSPS) is 50.4. The fourth-order valence-corrected chi connectivity index (χ4v) is 5.88. The predicted molar refractivity (Wildman–Crippen MR) is 92.9 cm³/mol. The lowest BCUT2D eigenvalue weighted by Crippen LogP contribution is -2.77. The van der Waals surface area contributed by atoms with E-state index in [1.807, 2.05) is 6.92 Å². The highest BCUT2D eigenvalue weighted by atomic mass is 16.5. The number of aliphatic hydroxyl groups excluding tert-OH is 1. The Labute approximate surface area is 153 Å². The fraction of sp³-hybridized carbons (Fsp3) is 0.750. The predicted octanol–water partition coefficient (Wildman–Crippen LogP) is 0.830. The molecule has 0 bridgehead atoms. The molecule has 1 fully saturated rings. The molecule has 6 nitrogen and oxygen atoms in total. The minimum atomic E-state index is -1.85. The Bertz CT molecular complexity index is 726. The molecule has 4 rings (SSSR count). The first kappa shape index (κ1) is 18.2. The van der Waals surface area contributed by atoms with Crippen LogP contribution in [0.3, 0.4) is 0 Å². The van der Waals surface area contributed by atoms with Crippen LogP contribution in [0.2, 0.25) is 0 Å². The summed E-state index contributed by atoms with van der Waals surface area (Å²) >= 11 is 0. The molecule has 26 heavy (non-hydrogen) atoms. The van der Waals surface area contributed by atoms with Gasteiger partial charge in [0.1, 0.15) is 29.5 Å². The zero-order valence-corrected chi connectivity index (χ0v) is 15.5. The third-order valence-electron chi connectivity index (χ3n) is 7.83. The van der Waals surface area contributed by atoms with Gasteiger partial charge >= 0.3 is 5.97 Å². The molecule has 6 atom stereocenters. The first-order valence-corrected chi connectivity index (χ1v) is 9.46. The molecule has 1 unspecified atom stereocenters. The highest BCUT2D eigenvalue weighted by Crippen LogP contribution is 2.64. The molecular weight excluding hydrogens is 336 g/mol. The minimum absolute atomic E-state index is 0.106. The number of hydrogen-bond acceptors (Lipinski definition) is 6. The van der Waals surface area contributed by atoms with Gasteiger partial charge in [0.25, 0.3) is 0 Å². The average molecular weight is 364 g/mol. The number of carbonyl (C=O) groups excluding carboxylic acids is 1. The van der Waals surface area contributed by atoms with Crippen molar-refractivity contribution in [1.29, 1.82) is 0 Å². The van der Waals surface area contributed by atoms with Crippen LogP contribution in [0.5, 0.6) is 0 Å². The van der Waals surface area contributed by atoms with Crippen molar-refractivity contribution in [3.63, 3.8) is 0 Å². The summed E-state index contributed by atoms with van der Waals surface area (Å²) in [6.07, 6.45) is 3.08. The first-order chi connectivity index (χ1) is 12.0. The van der Waals surface area contributed by atoms with Gasteiger partial charge in [0.2, 0.25) is 0 Å². The number of esters is 1. The van der Waals surface area contributed by atoms with E-state index in [1.165, 1.54) is 12.2 Å². The van der Waals surface area contributed by atoms with Crippen LogP contribution in [0.25, 0.3) is 0 Å². The second-order valence-corrected chi connectivity index (χ2v) is 9.06. The Kier molecular flexibility index (Phi) is 3.63. The maximum atomic E-state index is 11.9. The summed E-state index contributed by atoms with van der Waals surface area (Å²) in [7, 11) is 0. The van der Waals surface area contributed by atoms with Crippen LogP contribution in [0.15, 0.2) is 23.3 Å². The van der Waals surface area contributed by atoms with E-state index in [0.29, 0.717) is 24.8 Å². The molecule has 144 valence electrons. The van der Waals surface area contributed by atoms with Crippen LogP contribution >= 0.6 is 0 Å². The highest BCUT2D eigenvalue weighted by molar-refractivity contribution is 5.92. The highest BCUT2D eigenvalue weighted by Gasteiger charge is 2.72. The lowest BCUT2D eigenvalue weighted by atomic mass is 9.44. The molecule has 0 amide bonds. The zero-order chi connectivity index (χ0) is 19.1. The number of carbonyl (C=O) groups is 1. The number of aliphatic hydroxyl groups is 4. The van der Waals surface area contributed by atoms with Crippen molar-refractivity contribution >= 4 is 5.97 Å². The lowest BCUT2D eigenvalue weighted by Gasteiger charge is -2.65. The van der Waals surface area contributed by atoms with Gasteiger partial charge in [0, 0.05) is 11.0 Å². The molecule has 4 aliphatic rings. The lowest BCUT2D eigenvalue weighted by molar-refractivity contribution is -0.294. The Morgan fingerprint density at radius 1 is 1.19 bits per heavy atom. The molecular formula is C20H28O6. The molecule has 3 aliphatic carbocycles. The van der Waals surface area contributed by atoms with Crippen LogP contribution in [0.1, 0.15) is 46.5 Å². The van der Waals surface area contributed by atoms with E-state index in [9.17, 15) is 25.2 Å². The monoisotopic (exact) mass is 364 g/mol. The molecule has 1 heterocycles. The Balaban J connectivity index is 1.85. The van der Waals surface area contributed by atoms with Gasteiger partial charge in [-0.3, -0.25) is 0 Å². The SMILES string of the molecule is CC(C)[C@@]1(O)C=C[C@@]2(O)[C@@]3(C)CCC4=C(COC4=O)C3CC[C@@]2(O)[C@@H]1O. The summed E-state index contributed by atoms with van der Waals surface area (Å²) < 4.78 is 5.21. The van der Waals surface area contributed by atoms with Gasteiger partial charge in [-0.2, -0.15) is 0 Å². The molecule has 0 aromatic carbocycles. The molecule has 1 saturated carbocycles. The quantitative estimate of drug-likeness (QED) is 0.406. The Morgan fingerprint density at radius 2 is 1.88 bits per heavy atom. The maximum absolute atomic E-state index is 11.9. The fourth-order valence-electron chi connectivity index (χ4n) is 5.88. The van der Waals surface area contributed by atoms with Crippen molar-refractivity contribution in [3.8, 4) is 0 Å². The zero-order valence-electron chi connectivity index (χ0n) is 15.5. The van der Waals surface area contributed by atoms with Gasteiger partial charge in [-0.1, -0.05) is 32.9 Å². The van der Waals surface area contributed by atoms with E-state index in [4.69, 9.17) is 4.74 Å². The number of hydrogen-bond donors (Lipinski definition) is 4. The molecule has 1 aliphatic heterocycles. The Morgan fingerprint density at radius 3 is 2.54 bits per heavy atom. The largest absolute Gasteiger partial charge is 0.458 e. The van der Waals surface area contributed by atoms with Gasteiger partial charge in [-0.05, 0) is 43.1 Å². The second kappa shape index (κ2) is 5.19. The van der Waals surface area contributed by atoms with Crippen molar-refractivity contribution in [2.24, 2.45) is 17.3 Å². The van der Waals surface area contributed by atoms with Crippen LogP contribution in [-0.4, -0.2) is 55.9 Å². The van der Waals surface area contributed by atoms with E-state index >= 15 is 0 Å². The second-order valence-electron chi connectivity index (χ2n) is 9.06. The number of ether oxygens (including phenoxy) is 1. The maximum Gasteiger partial charge on any atom is 0.334 e. The van der Waals surface area contributed by atoms with Gasteiger partial charge < -0.3 is 25.2 Å². The molecule has 0 spiro atoms. The summed E-state index contributed by atoms with van der Waals surface area (Å²) in [5, 5.41) is 45.1. The number of cyclic esters (lactones) is 1. The summed E-state index contributed by atoms with van der Waals surface area (Å²) in [4.78, 5) is 11.9. The van der Waals surface area contributed by atoms with Gasteiger partial charge in [-0.25, -0.2) is 4.79 Å². The molecule has 0 aromatic rings. The molecule has 0 radical (unpaired) electrons. The van der Waals surface area contributed by atoms with Crippen LogP contribution in [-0.2, 0) is 9.53 Å². The van der Waals surface area contributed by atoms with Crippen molar-refractivity contribution in [2.75, 3.05) is 6.61 Å². The van der Waals surface area contributed by atoms with E-state index < -0.39 is 28.3 Å². The molecule has 0 aromatic heterocycles. The molecule has 0 saturated heterocycles. The van der Waals surface area contributed by atoms with E-state index in [1.54, 1.807) is 13.8 Å². The summed E-state index contributed by atoms with van der Waals surface area (Å²) in [5.74, 6) is -0.706. The summed E-state index contributed by atoms with van der Waals surface area (Å²) in [6, 6.07) is 0.